The van der Waals surface area contributed by atoms with Gasteiger partial charge in [-0.25, -0.2) is 4.98 Å². The van der Waals surface area contributed by atoms with Crippen LogP contribution in [0.1, 0.15) is 15.4 Å². The predicted octanol–water partition coefficient (Wildman–Crippen LogP) is 3.77. The van der Waals surface area contributed by atoms with Gasteiger partial charge in [-0.1, -0.05) is 6.07 Å². The molecule has 3 rings (SSSR count). The number of fused-ring (bicyclic) bond motifs is 1. The summed E-state index contributed by atoms with van der Waals surface area (Å²) in [6.45, 7) is 1.92. The quantitative estimate of drug-likeness (QED) is 0.589. The van der Waals surface area contributed by atoms with E-state index in [-0.39, 0.29) is 11.3 Å². The number of rotatable bonds is 3. The Kier molecular flexibility index (Phi) is 3.56. The number of hydrogen-bond donors (Lipinski definition) is 1. The number of thiazole rings is 1. The number of aromatic nitrogens is 1. The molecule has 1 heterocycles. The van der Waals surface area contributed by atoms with Crippen molar-refractivity contribution >= 4 is 38.8 Å². The Morgan fingerprint density at radius 1 is 1.27 bits per heavy atom. The summed E-state index contributed by atoms with van der Waals surface area (Å²) < 4.78 is 1.05. The lowest BCUT2D eigenvalue weighted by Crippen LogP contribution is -2.11. The number of nitro groups is 1. The van der Waals surface area contributed by atoms with E-state index in [1.54, 1.807) is 23.5 Å². The van der Waals surface area contributed by atoms with Gasteiger partial charge >= 0.3 is 0 Å². The van der Waals surface area contributed by atoms with Crippen molar-refractivity contribution in [3.05, 3.63) is 63.1 Å². The maximum absolute atomic E-state index is 12.2. The van der Waals surface area contributed by atoms with Crippen molar-refractivity contribution in [1.29, 1.82) is 0 Å². The Labute approximate surface area is 129 Å². The van der Waals surface area contributed by atoms with Gasteiger partial charge in [0.25, 0.3) is 11.6 Å². The van der Waals surface area contributed by atoms with E-state index in [1.165, 1.54) is 24.3 Å². The van der Waals surface area contributed by atoms with E-state index < -0.39 is 10.8 Å². The highest BCUT2D eigenvalue weighted by Gasteiger charge is 2.12. The molecule has 0 spiro atoms. The molecule has 0 atom stereocenters. The number of carbonyl (C=O) groups is 1. The lowest BCUT2D eigenvalue weighted by atomic mass is 10.2. The number of nitrogens with zero attached hydrogens (tertiary/aromatic N) is 2. The summed E-state index contributed by atoms with van der Waals surface area (Å²) in [5, 5.41) is 14.4. The molecule has 0 bridgehead atoms. The highest BCUT2D eigenvalue weighted by molar-refractivity contribution is 7.18. The van der Waals surface area contributed by atoms with Crippen LogP contribution in [0.15, 0.2) is 42.5 Å². The lowest BCUT2D eigenvalue weighted by Gasteiger charge is -2.05. The van der Waals surface area contributed by atoms with Gasteiger partial charge in [0.05, 0.1) is 20.1 Å². The molecule has 22 heavy (non-hydrogen) atoms. The van der Waals surface area contributed by atoms with Gasteiger partial charge in [-0.3, -0.25) is 14.9 Å². The van der Waals surface area contributed by atoms with Crippen molar-refractivity contribution in [2.75, 3.05) is 5.32 Å². The van der Waals surface area contributed by atoms with Gasteiger partial charge in [-0.15, -0.1) is 11.3 Å². The van der Waals surface area contributed by atoms with Crippen molar-refractivity contribution < 1.29 is 9.72 Å². The van der Waals surface area contributed by atoms with E-state index in [2.05, 4.69) is 10.3 Å². The number of anilines is 1. The average Bonchev–Trinajstić information content (AvgIpc) is 2.86. The molecule has 3 aromatic rings. The predicted molar refractivity (Wildman–Crippen MR) is 85.4 cm³/mol. The summed E-state index contributed by atoms with van der Waals surface area (Å²) in [4.78, 5) is 26.8. The van der Waals surface area contributed by atoms with E-state index in [9.17, 15) is 14.9 Å². The number of amides is 1. The zero-order valence-corrected chi connectivity index (χ0v) is 12.4. The second kappa shape index (κ2) is 5.53. The van der Waals surface area contributed by atoms with Crippen molar-refractivity contribution in [1.82, 2.24) is 4.98 Å². The summed E-state index contributed by atoms with van der Waals surface area (Å²) >= 11 is 1.58. The Bertz CT molecular complexity index is 889. The first-order valence-corrected chi connectivity index (χ1v) is 7.27. The average molecular weight is 313 g/mol. The standard InChI is InChI=1S/C15H11N3O3S/c1-9-16-13-8-11(5-6-14(13)22-9)17-15(19)10-3-2-4-12(7-10)18(20)21/h2-8H,1H3,(H,17,19). The summed E-state index contributed by atoms with van der Waals surface area (Å²) in [5.41, 5.74) is 1.55. The molecule has 0 aliphatic rings. The molecule has 0 unspecified atom stereocenters. The molecule has 0 aliphatic heterocycles. The zero-order chi connectivity index (χ0) is 15.7. The molecule has 6 nitrogen and oxygen atoms in total. The van der Waals surface area contributed by atoms with Crippen LogP contribution in [0, 0.1) is 17.0 Å². The smallest absolute Gasteiger partial charge is 0.270 e. The topological polar surface area (TPSA) is 85.1 Å². The fourth-order valence-electron chi connectivity index (χ4n) is 2.08. The Morgan fingerprint density at radius 3 is 2.86 bits per heavy atom. The number of benzene rings is 2. The van der Waals surface area contributed by atoms with Crippen LogP contribution in [0.4, 0.5) is 11.4 Å². The molecule has 0 radical (unpaired) electrons. The van der Waals surface area contributed by atoms with Gasteiger partial charge < -0.3 is 5.32 Å². The second-order valence-corrected chi connectivity index (χ2v) is 5.91. The molecule has 2 aromatic carbocycles. The third-order valence-electron chi connectivity index (χ3n) is 3.07. The monoisotopic (exact) mass is 313 g/mol. The maximum Gasteiger partial charge on any atom is 0.270 e. The summed E-state index contributed by atoms with van der Waals surface area (Å²) in [6.07, 6.45) is 0. The fraction of sp³-hybridized carbons (Fsp3) is 0.0667. The van der Waals surface area contributed by atoms with E-state index in [4.69, 9.17) is 0 Å². The fourth-order valence-corrected chi connectivity index (χ4v) is 2.89. The molecular weight excluding hydrogens is 302 g/mol. The van der Waals surface area contributed by atoms with Crippen LogP contribution in [0.5, 0.6) is 0 Å². The molecule has 110 valence electrons. The summed E-state index contributed by atoms with van der Waals surface area (Å²) in [6, 6.07) is 11.1. The molecule has 1 N–H and O–H groups in total. The van der Waals surface area contributed by atoms with Crippen molar-refractivity contribution in [2.24, 2.45) is 0 Å². The molecule has 0 aliphatic carbocycles. The number of nitro benzene ring substituents is 1. The van der Waals surface area contributed by atoms with E-state index in [0.717, 1.165) is 15.2 Å². The van der Waals surface area contributed by atoms with Crippen molar-refractivity contribution in [2.45, 2.75) is 6.92 Å². The minimum absolute atomic E-state index is 0.113. The normalized spacial score (nSPS) is 10.6. The SMILES string of the molecule is Cc1nc2cc(NC(=O)c3cccc([N+](=O)[O-])c3)ccc2s1. The molecular formula is C15H11N3O3S. The van der Waals surface area contributed by atoms with Gasteiger partial charge in [0, 0.05) is 23.4 Å². The highest BCUT2D eigenvalue weighted by Crippen LogP contribution is 2.25. The van der Waals surface area contributed by atoms with Crippen LogP contribution in [0.3, 0.4) is 0 Å². The Morgan fingerprint density at radius 2 is 2.09 bits per heavy atom. The van der Waals surface area contributed by atoms with E-state index in [1.807, 2.05) is 13.0 Å². The van der Waals surface area contributed by atoms with Crippen LogP contribution in [-0.4, -0.2) is 15.8 Å². The van der Waals surface area contributed by atoms with Gasteiger partial charge in [0.15, 0.2) is 0 Å². The molecule has 0 fully saturated rings. The molecule has 0 saturated heterocycles. The number of nitrogens with one attached hydrogen (secondary N) is 1. The first kappa shape index (κ1) is 14.2. The largest absolute Gasteiger partial charge is 0.322 e. The van der Waals surface area contributed by atoms with E-state index >= 15 is 0 Å². The molecule has 1 aromatic heterocycles. The zero-order valence-electron chi connectivity index (χ0n) is 11.6. The van der Waals surface area contributed by atoms with Gasteiger partial charge in [-0.2, -0.15) is 0 Å². The summed E-state index contributed by atoms with van der Waals surface area (Å²) in [5.74, 6) is -0.394. The van der Waals surface area contributed by atoms with Gasteiger partial charge in [0.1, 0.15) is 0 Å². The van der Waals surface area contributed by atoms with Crippen LogP contribution < -0.4 is 5.32 Å². The summed E-state index contributed by atoms with van der Waals surface area (Å²) in [7, 11) is 0. The first-order valence-electron chi connectivity index (χ1n) is 6.46. The first-order chi connectivity index (χ1) is 10.5. The number of carbonyl (C=O) groups excluding carboxylic acids is 1. The third-order valence-corrected chi connectivity index (χ3v) is 4.02. The van der Waals surface area contributed by atoms with Crippen LogP contribution in [0.2, 0.25) is 0 Å². The van der Waals surface area contributed by atoms with Gasteiger partial charge in [-0.05, 0) is 31.2 Å². The van der Waals surface area contributed by atoms with E-state index in [0.29, 0.717) is 5.69 Å². The lowest BCUT2D eigenvalue weighted by molar-refractivity contribution is -0.384. The molecule has 0 saturated carbocycles. The van der Waals surface area contributed by atoms with Crippen LogP contribution in [-0.2, 0) is 0 Å². The number of non-ortho nitro benzene ring substituents is 1. The molecule has 7 heteroatoms. The second-order valence-electron chi connectivity index (χ2n) is 4.68. The molecule has 1 amide bonds. The van der Waals surface area contributed by atoms with Crippen LogP contribution in [0.25, 0.3) is 10.2 Å². The van der Waals surface area contributed by atoms with Crippen LogP contribution >= 0.6 is 11.3 Å². The van der Waals surface area contributed by atoms with Crippen molar-refractivity contribution in [3.8, 4) is 0 Å². The minimum atomic E-state index is -0.527. The Hall–Kier alpha value is -2.80. The maximum atomic E-state index is 12.2. The highest BCUT2D eigenvalue weighted by atomic mass is 32.1. The minimum Gasteiger partial charge on any atom is -0.322 e. The number of aryl methyl sites for hydroxylation is 1. The third kappa shape index (κ3) is 2.79. The van der Waals surface area contributed by atoms with Crippen molar-refractivity contribution in [3.63, 3.8) is 0 Å². The number of hydrogen-bond acceptors (Lipinski definition) is 5. The van der Waals surface area contributed by atoms with Gasteiger partial charge in [0.2, 0.25) is 0 Å². The Balaban J connectivity index is 1.86.